The fourth-order valence-corrected chi connectivity index (χ4v) is 2.36. The van der Waals surface area contributed by atoms with Crippen LogP contribution in [0, 0.1) is 5.92 Å². The zero-order valence-electron chi connectivity index (χ0n) is 11.2. The van der Waals surface area contributed by atoms with Crippen LogP contribution in [0.15, 0.2) is 40.0 Å². The van der Waals surface area contributed by atoms with Crippen LogP contribution in [-0.2, 0) is 5.75 Å². The summed E-state index contributed by atoms with van der Waals surface area (Å²) >= 11 is 1.54. The molecule has 1 aromatic carbocycles. The van der Waals surface area contributed by atoms with Crippen LogP contribution >= 0.6 is 11.8 Å². The van der Waals surface area contributed by atoms with E-state index >= 15 is 0 Å². The molecule has 2 N–H and O–H groups in total. The van der Waals surface area contributed by atoms with Crippen LogP contribution < -0.4 is 5.73 Å². The Balaban J connectivity index is 1.94. The lowest BCUT2D eigenvalue weighted by Gasteiger charge is -2.13. The van der Waals surface area contributed by atoms with E-state index in [1.165, 1.54) is 17.3 Å². The molecule has 19 heavy (non-hydrogen) atoms. The monoisotopic (exact) mass is 277 g/mol. The number of nitrogens with two attached hydrogens (primary N) is 1. The van der Waals surface area contributed by atoms with Crippen LogP contribution in [-0.4, -0.2) is 10.2 Å². The predicted molar refractivity (Wildman–Crippen MR) is 76.7 cm³/mol. The van der Waals surface area contributed by atoms with E-state index in [9.17, 15) is 0 Å². The third-order valence-electron chi connectivity index (χ3n) is 3.17. The number of aromatic nitrogens is 2. The standard InChI is InChI=1S/C14H19N3OS/c1-3-10(2)12(15)13-16-17-14(18-13)19-9-11-7-5-4-6-8-11/h4-8,10,12H,3,9,15H2,1-2H3/t10-,12-/m0/s1. The fourth-order valence-electron chi connectivity index (χ4n) is 1.63. The van der Waals surface area contributed by atoms with E-state index in [2.05, 4.69) is 36.2 Å². The van der Waals surface area contributed by atoms with E-state index in [0.717, 1.165) is 12.2 Å². The Bertz CT molecular complexity index is 500. The van der Waals surface area contributed by atoms with Crippen molar-refractivity contribution in [1.29, 1.82) is 0 Å². The highest BCUT2D eigenvalue weighted by Crippen LogP contribution is 2.25. The summed E-state index contributed by atoms with van der Waals surface area (Å²) in [6.45, 7) is 4.19. The number of hydrogen-bond acceptors (Lipinski definition) is 5. The maximum atomic E-state index is 6.06. The SMILES string of the molecule is CC[C@H](C)[C@H](N)c1nnc(SCc2ccccc2)o1. The van der Waals surface area contributed by atoms with Gasteiger partial charge >= 0.3 is 0 Å². The molecule has 0 aliphatic heterocycles. The Morgan fingerprint density at radius 1 is 1.26 bits per heavy atom. The number of benzene rings is 1. The second-order valence-corrected chi connectivity index (χ2v) is 5.52. The molecule has 5 heteroatoms. The lowest BCUT2D eigenvalue weighted by atomic mass is 10.0. The molecule has 0 saturated heterocycles. The van der Waals surface area contributed by atoms with Crippen LogP contribution in [0.2, 0.25) is 0 Å². The summed E-state index contributed by atoms with van der Waals surface area (Å²) in [6.07, 6.45) is 0.996. The Morgan fingerprint density at radius 3 is 2.68 bits per heavy atom. The first-order valence-corrected chi connectivity index (χ1v) is 7.45. The normalized spacial score (nSPS) is 14.3. The van der Waals surface area contributed by atoms with Crippen molar-refractivity contribution < 1.29 is 4.42 Å². The van der Waals surface area contributed by atoms with Gasteiger partial charge in [0.05, 0.1) is 6.04 Å². The van der Waals surface area contributed by atoms with Gasteiger partial charge in [-0.05, 0) is 11.5 Å². The number of hydrogen-bond donors (Lipinski definition) is 1. The molecule has 0 aliphatic carbocycles. The average molecular weight is 277 g/mol. The van der Waals surface area contributed by atoms with Gasteiger partial charge < -0.3 is 10.2 Å². The molecule has 0 saturated carbocycles. The smallest absolute Gasteiger partial charge is 0.276 e. The van der Waals surface area contributed by atoms with E-state index in [1.54, 1.807) is 0 Å². The highest BCUT2D eigenvalue weighted by Gasteiger charge is 2.19. The first-order chi connectivity index (χ1) is 9.20. The van der Waals surface area contributed by atoms with Crippen LogP contribution in [0.1, 0.15) is 37.8 Å². The summed E-state index contributed by atoms with van der Waals surface area (Å²) < 4.78 is 5.61. The van der Waals surface area contributed by atoms with E-state index in [0.29, 0.717) is 17.0 Å². The van der Waals surface area contributed by atoms with Crippen molar-refractivity contribution in [3.63, 3.8) is 0 Å². The second kappa shape index (κ2) is 6.73. The Morgan fingerprint density at radius 2 is 2.00 bits per heavy atom. The molecular formula is C14H19N3OS. The van der Waals surface area contributed by atoms with Gasteiger partial charge in [-0.2, -0.15) is 0 Å². The molecule has 2 aromatic rings. The largest absolute Gasteiger partial charge is 0.414 e. The zero-order valence-corrected chi connectivity index (χ0v) is 12.1. The lowest BCUT2D eigenvalue weighted by Crippen LogP contribution is -2.18. The maximum absolute atomic E-state index is 6.06. The van der Waals surface area contributed by atoms with Crippen molar-refractivity contribution >= 4 is 11.8 Å². The molecule has 102 valence electrons. The van der Waals surface area contributed by atoms with Gasteiger partial charge in [0.2, 0.25) is 5.89 Å². The van der Waals surface area contributed by atoms with Gasteiger partial charge in [0.25, 0.3) is 5.22 Å². The first kappa shape index (κ1) is 14.1. The minimum Gasteiger partial charge on any atom is -0.414 e. The molecule has 2 atom stereocenters. The number of rotatable bonds is 6. The minimum absolute atomic E-state index is 0.177. The van der Waals surface area contributed by atoms with Crippen LogP contribution in [0.4, 0.5) is 0 Å². The van der Waals surface area contributed by atoms with E-state index in [4.69, 9.17) is 10.2 Å². The van der Waals surface area contributed by atoms with Crippen LogP contribution in [0.3, 0.4) is 0 Å². The van der Waals surface area contributed by atoms with Crippen molar-refractivity contribution in [2.75, 3.05) is 0 Å². The molecule has 0 unspecified atom stereocenters. The molecule has 0 fully saturated rings. The topological polar surface area (TPSA) is 64.9 Å². The summed E-state index contributed by atoms with van der Waals surface area (Å²) in [4.78, 5) is 0. The molecule has 4 nitrogen and oxygen atoms in total. The Labute approximate surface area is 117 Å². The Kier molecular flexibility index (Phi) is 4.99. The molecule has 1 aromatic heterocycles. The van der Waals surface area contributed by atoms with E-state index < -0.39 is 0 Å². The summed E-state index contributed by atoms with van der Waals surface area (Å²) in [7, 11) is 0. The van der Waals surface area contributed by atoms with Crippen molar-refractivity contribution in [2.45, 2.75) is 37.3 Å². The highest BCUT2D eigenvalue weighted by molar-refractivity contribution is 7.98. The van der Waals surface area contributed by atoms with Gasteiger partial charge in [-0.3, -0.25) is 0 Å². The van der Waals surface area contributed by atoms with Gasteiger partial charge in [-0.25, -0.2) is 0 Å². The van der Waals surface area contributed by atoms with Crippen molar-refractivity contribution in [2.24, 2.45) is 11.7 Å². The van der Waals surface area contributed by atoms with E-state index in [1.807, 2.05) is 18.2 Å². The Hall–Kier alpha value is -1.33. The molecule has 0 aliphatic rings. The fraction of sp³-hybridized carbons (Fsp3) is 0.429. The second-order valence-electron chi connectivity index (χ2n) is 4.59. The third kappa shape index (κ3) is 3.81. The number of thioether (sulfide) groups is 1. The minimum atomic E-state index is -0.177. The van der Waals surface area contributed by atoms with Gasteiger partial charge in [0.15, 0.2) is 0 Å². The summed E-state index contributed by atoms with van der Waals surface area (Å²) in [5, 5.41) is 8.65. The van der Waals surface area contributed by atoms with Crippen LogP contribution in [0.5, 0.6) is 0 Å². The highest BCUT2D eigenvalue weighted by atomic mass is 32.2. The molecular weight excluding hydrogens is 258 g/mol. The summed E-state index contributed by atoms with van der Waals surface area (Å²) in [5.74, 6) is 1.69. The summed E-state index contributed by atoms with van der Waals surface area (Å²) in [5.41, 5.74) is 7.30. The van der Waals surface area contributed by atoms with Gasteiger partial charge in [-0.1, -0.05) is 62.4 Å². The molecule has 0 radical (unpaired) electrons. The molecule has 0 amide bonds. The molecule has 2 rings (SSSR count). The maximum Gasteiger partial charge on any atom is 0.276 e. The van der Waals surface area contributed by atoms with Crippen LogP contribution in [0.25, 0.3) is 0 Å². The van der Waals surface area contributed by atoms with Crippen molar-refractivity contribution in [3.05, 3.63) is 41.8 Å². The van der Waals surface area contributed by atoms with Gasteiger partial charge in [0, 0.05) is 5.75 Å². The molecule has 0 spiro atoms. The average Bonchev–Trinajstić information content (AvgIpc) is 2.93. The quantitative estimate of drug-likeness (QED) is 0.820. The first-order valence-electron chi connectivity index (χ1n) is 6.46. The molecule has 1 heterocycles. The van der Waals surface area contributed by atoms with E-state index in [-0.39, 0.29) is 6.04 Å². The zero-order chi connectivity index (χ0) is 13.7. The predicted octanol–water partition coefficient (Wildman–Crippen LogP) is 3.41. The van der Waals surface area contributed by atoms with Crippen molar-refractivity contribution in [3.8, 4) is 0 Å². The lowest BCUT2D eigenvalue weighted by molar-refractivity contribution is 0.333. The number of nitrogens with zero attached hydrogens (tertiary/aromatic N) is 2. The van der Waals surface area contributed by atoms with Gasteiger partial charge in [0.1, 0.15) is 0 Å². The third-order valence-corrected chi connectivity index (χ3v) is 4.06. The van der Waals surface area contributed by atoms with Gasteiger partial charge in [-0.15, -0.1) is 10.2 Å². The van der Waals surface area contributed by atoms with Crippen molar-refractivity contribution in [1.82, 2.24) is 10.2 Å². The molecule has 0 bridgehead atoms. The summed E-state index contributed by atoms with van der Waals surface area (Å²) in [6, 6.07) is 10.0.